The van der Waals surface area contributed by atoms with Crippen LogP contribution in [0.1, 0.15) is 18.5 Å². The molecule has 0 aliphatic rings. The number of aromatic nitrogens is 3. The number of oxazole rings is 1. The number of hydrogen-bond donors (Lipinski definition) is 2. The Kier molecular flexibility index (Phi) is 3.45. The molecule has 0 radical (unpaired) electrons. The van der Waals surface area contributed by atoms with E-state index in [1.807, 2.05) is 13.0 Å². The normalized spacial score (nSPS) is 12.6. The number of anilines is 1. The van der Waals surface area contributed by atoms with Gasteiger partial charge in [-0.1, -0.05) is 6.07 Å². The van der Waals surface area contributed by atoms with Crippen LogP contribution in [0.4, 0.5) is 14.6 Å². The number of H-pyrrole nitrogens is 1. The fourth-order valence-corrected chi connectivity index (χ4v) is 2.61. The topological polar surface area (TPSA) is 83.8 Å². The first-order valence-electron chi connectivity index (χ1n) is 7.51. The number of nitrogens with one attached hydrogen (secondary N) is 2. The Labute approximate surface area is 139 Å². The molecule has 2 aromatic carbocycles. The van der Waals surface area contributed by atoms with E-state index in [1.54, 1.807) is 12.1 Å². The SMILES string of the molecule is CC(Nc1cnc2cc(F)c(F)cc2n1)c1ccc2[nH]c(=O)oc2c1. The van der Waals surface area contributed by atoms with E-state index in [0.717, 1.165) is 17.7 Å². The van der Waals surface area contributed by atoms with Gasteiger partial charge in [0.15, 0.2) is 17.2 Å². The second-order valence-electron chi connectivity index (χ2n) is 5.65. The fourth-order valence-electron chi connectivity index (χ4n) is 2.61. The predicted molar refractivity (Wildman–Crippen MR) is 88.3 cm³/mol. The summed E-state index contributed by atoms with van der Waals surface area (Å²) in [6.45, 7) is 1.89. The van der Waals surface area contributed by atoms with Crippen LogP contribution in [-0.4, -0.2) is 15.0 Å². The average molecular weight is 342 g/mol. The van der Waals surface area contributed by atoms with Gasteiger partial charge in [0.1, 0.15) is 5.82 Å². The third-order valence-electron chi connectivity index (χ3n) is 3.89. The van der Waals surface area contributed by atoms with Crippen LogP contribution in [0.15, 0.2) is 45.7 Å². The summed E-state index contributed by atoms with van der Waals surface area (Å²) in [5, 5.41) is 3.14. The van der Waals surface area contributed by atoms with Crippen molar-refractivity contribution >= 4 is 28.0 Å². The molecule has 1 atom stereocenters. The van der Waals surface area contributed by atoms with E-state index in [1.165, 1.54) is 6.20 Å². The monoisotopic (exact) mass is 342 g/mol. The lowest BCUT2D eigenvalue weighted by Gasteiger charge is -2.15. The Hall–Kier alpha value is -3.29. The highest BCUT2D eigenvalue weighted by atomic mass is 19.2. The molecule has 0 saturated carbocycles. The quantitative estimate of drug-likeness (QED) is 0.595. The van der Waals surface area contributed by atoms with Gasteiger partial charge in [0, 0.05) is 12.1 Å². The molecule has 25 heavy (non-hydrogen) atoms. The summed E-state index contributed by atoms with van der Waals surface area (Å²) in [5.74, 6) is -2.03. The molecule has 2 aromatic heterocycles. The average Bonchev–Trinajstić information content (AvgIpc) is 2.95. The summed E-state index contributed by atoms with van der Waals surface area (Å²) in [7, 11) is 0. The van der Waals surface area contributed by atoms with E-state index in [9.17, 15) is 13.6 Å². The second-order valence-corrected chi connectivity index (χ2v) is 5.65. The number of rotatable bonds is 3. The maximum atomic E-state index is 13.4. The smallest absolute Gasteiger partial charge is 0.408 e. The molecule has 126 valence electrons. The van der Waals surface area contributed by atoms with Crippen molar-refractivity contribution in [3.05, 3.63) is 64.3 Å². The molecule has 8 heteroatoms. The zero-order valence-corrected chi connectivity index (χ0v) is 13.0. The van der Waals surface area contributed by atoms with Crippen molar-refractivity contribution in [2.45, 2.75) is 13.0 Å². The van der Waals surface area contributed by atoms with Gasteiger partial charge in [-0.3, -0.25) is 9.97 Å². The van der Waals surface area contributed by atoms with Gasteiger partial charge in [-0.25, -0.2) is 18.6 Å². The molecule has 2 N–H and O–H groups in total. The Bertz CT molecular complexity index is 1150. The van der Waals surface area contributed by atoms with Crippen molar-refractivity contribution in [3.8, 4) is 0 Å². The molecule has 0 bridgehead atoms. The van der Waals surface area contributed by atoms with Gasteiger partial charge >= 0.3 is 5.76 Å². The van der Waals surface area contributed by atoms with Crippen LogP contribution in [0.25, 0.3) is 22.1 Å². The fraction of sp³-hybridized carbons (Fsp3) is 0.118. The van der Waals surface area contributed by atoms with Crippen LogP contribution in [0.5, 0.6) is 0 Å². The number of benzene rings is 2. The van der Waals surface area contributed by atoms with Gasteiger partial charge < -0.3 is 9.73 Å². The molecule has 0 fully saturated rings. The Balaban J connectivity index is 1.64. The first kappa shape index (κ1) is 15.3. The van der Waals surface area contributed by atoms with Gasteiger partial charge in [0.2, 0.25) is 0 Å². The minimum absolute atomic E-state index is 0.179. The molecule has 1 unspecified atom stereocenters. The minimum Gasteiger partial charge on any atom is -0.408 e. The van der Waals surface area contributed by atoms with Crippen LogP contribution in [0, 0.1) is 11.6 Å². The van der Waals surface area contributed by atoms with Crippen LogP contribution in [0.2, 0.25) is 0 Å². The standard InChI is InChI=1S/C17H12F2N4O2/c1-8(9-2-3-12-15(4-9)25-17(24)23-12)21-16-7-20-13-5-10(18)11(19)6-14(13)22-16/h2-8H,1H3,(H,21,22)(H,23,24). The van der Waals surface area contributed by atoms with Crippen LogP contribution < -0.4 is 11.1 Å². The third-order valence-corrected chi connectivity index (χ3v) is 3.89. The zero-order valence-electron chi connectivity index (χ0n) is 13.0. The largest absolute Gasteiger partial charge is 0.417 e. The molecule has 0 amide bonds. The summed E-state index contributed by atoms with van der Waals surface area (Å²) in [6.07, 6.45) is 1.45. The van der Waals surface area contributed by atoms with Crippen molar-refractivity contribution < 1.29 is 13.2 Å². The van der Waals surface area contributed by atoms with E-state index in [2.05, 4.69) is 20.3 Å². The molecule has 4 rings (SSSR count). The van der Waals surface area contributed by atoms with Crippen LogP contribution >= 0.6 is 0 Å². The van der Waals surface area contributed by atoms with Gasteiger partial charge in [0.05, 0.1) is 28.8 Å². The van der Waals surface area contributed by atoms with Gasteiger partial charge in [-0.15, -0.1) is 0 Å². The number of nitrogens with zero attached hydrogens (tertiary/aromatic N) is 2. The number of halogens is 2. The van der Waals surface area contributed by atoms with E-state index in [-0.39, 0.29) is 17.1 Å². The van der Waals surface area contributed by atoms with Crippen molar-refractivity contribution in [1.29, 1.82) is 0 Å². The molecule has 0 saturated heterocycles. The molecule has 0 aliphatic heterocycles. The molecule has 6 nitrogen and oxygen atoms in total. The molecular weight excluding hydrogens is 330 g/mol. The van der Waals surface area contributed by atoms with E-state index in [4.69, 9.17) is 4.42 Å². The van der Waals surface area contributed by atoms with Crippen LogP contribution in [0.3, 0.4) is 0 Å². The predicted octanol–water partition coefficient (Wildman–Crippen LogP) is 3.52. The summed E-state index contributed by atoms with van der Waals surface area (Å²) in [5.41, 5.74) is 2.46. The van der Waals surface area contributed by atoms with Gasteiger partial charge in [0.25, 0.3) is 0 Å². The van der Waals surface area contributed by atoms with Gasteiger partial charge in [-0.2, -0.15) is 0 Å². The summed E-state index contributed by atoms with van der Waals surface area (Å²) >= 11 is 0. The van der Waals surface area contributed by atoms with E-state index < -0.39 is 17.4 Å². The number of fused-ring (bicyclic) bond motifs is 2. The third kappa shape index (κ3) is 2.82. The lowest BCUT2D eigenvalue weighted by Crippen LogP contribution is -2.08. The lowest BCUT2D eigenvalue weighted by molar-refractivity contribution is 0.510. The first-order chi connectivity index (χ1) is 12.0. The Morgan fingerprint density at radius 3 is 2.72 bits per heavy atom. The van der Waals surface area contributed by atoms with E-state index in [0.29, 0.717) is 16.9 Å². The van der Waals surface area contributed by atoms with Crippen molar-refractivity contribution in [1.82, 2.24) is 15.0 Å². The minimum atomic E-state index is -0.972. The first-order valence-corrected chi connectivity index (χ1v) is 7.51. The zero-order chi connectivity index (χ0) is 17.6. The maximum absolute atomic E-state index is 13.4. The van der Waals surface area contributed by atoms with Crippen LogP contribution in [-0.2, 0) is 0 Å². The Morgan fingerprint density at radius 2 is 1.92 bits per heavy atom. The number of aromatic amines is 1. The van der Waals surface area contributed by atoms with Crippen molar-refractivity contribution in [2.75, 3.05) is 5.32 Å². The molecule has 0 aliphatic carbocycles. The molecular formula is C17H12F2N4O2. The maximum Gasteiger partial charge on any atom is 0.417 e. The summed E-state index contributed by atoms with van der Waals surface area (Å²) < 4.78 is 31.6. The van der Waals surface area contributed by atoms with E-state index >= 15 is 0 Å². The van der Waals surface area contributed by atoms with Crippen molar-refractivity contribution in [3.63, 3.8) is 0 Å². The molecule has 0 spiro atoms. The molecule has 4 aromatic rings. The Morgan fingerprint density at radius 1 is 1.16 bits per heavy atom. The highest BCUT2D eigenvalue weighted by Crippen LogP contribution is 2.23. The van der Waals surface area contributed by atoms with Crippen molar-refractivity contribution in [2.24, 2.45) is 0 Å². The lowest BCUT2D eigenvalue weighted by atomic mass is 10.1. The summed E-state index contributed by atoms with van der Waals surface area (Å²) in [6, 6.07) is 7.17. The van der Waals surface area contributed by atoms with Gasteiger partial charge in [-0.05, 0) is 24.6 Å². The second kappa shape index (κ2) is 5.66. The highest BCUT2D eigenvalue weighted by molar-refractivity contribution is 5.76. The summed E-state index contributed by atoms with van der Waals surface area (Å²) in [4.78, 5) is 22.1. The highest BCUT2D eigenvalue weighted by Gasteiger charge is 2.11. The molecule has 2 heterocycles. The number of hydrogen-bond acceptors (Lipinski definition) is 5.